The lowest BCUT2D eigenvalue weighted by molar-refractivity contribution is -0.122. The number of oxazole rings is 1. The summed E-state index contributed by atoms with van der Waals surface area (Å²) in [6.45, 7) is 3.59. The van der Waals surface area contributed by atoms with Gasteiger partial charge in [0.15, 0.2) is 10.7 Å². The number of rotatable bonds is 3. The highest BCUT2D eigenvalue weighted by atomic mass is 35.5. The third-order valence-corrected chi connectivity index (χ3v) is 4.24. The van der Waals surface area contributed by atoms with E-state index in [1.54, 1.807) is 26.0 Å². The zero-order chi connectivity index (χ0) is 18.8. The molecule has 2 aromatic carbocycles. The molecule has 2 N–H and O–H groups in total. The second-order valence-electron chi connectivity index (χ2n) is 5.93. The molecule has 134 valence electrons. The fourth-order valence-electron chi connectivity index (χ4n) is 2.23. The molecule has 3 rings (SSSR count). The molecule has 0 aliphatic rings. The van der Waals surface area contributed by atoms with Crippen molar-refractivity contribution in [2.75, 3.05) is 5.32 Å². The van der Waals surface area contributed by atoms with Crippen LogP contribution in [0.15, 0.2) is 40.8 Å². The molecule has 3 aromatic rings. The van der Waals surface area contributed by atoms with Gasteiger partial charge in [0.05, 0.1) is 5.02 Å². The van der Waals surface area contributed by atoms with E-state index in [0.717, 1.165) is 5.56 Å². The number of nitrogens with zero attached hydrogens (tertiary/aromatic N) is 1. The fourth-order valence-corrected chi connectivity index (χ4v) is 2.97. The number of carbonyl (C=O) groups is 1. The normalized spacial score (nSPS) is 11.0. The van der Waals surface area contributed by atoms with Gasteiger partial charge in [-0.2, -0.15) is 0 Å². The number of carbonyl (C=O) groups excluding carboxylic acids is 1. The van der Waals surface area contributed by atoms with Crippen LogP contribution in [0.5, 0.6) is 0 Å². The van der Waals surface area contributed by atoms with Crippen LogP contribution in [0, 0.1) is 5.92 Å². The summed E-state index contributed by atoms with van der Waals surface area (Å²) in [6.07, 6.45) is 0. The van der Waals surface area contributed by atoms with Crippen molar-refractivity contribution in [3.63, 3.8) is 0 Å². The lowest BCUT2D eigenvalue weighted by Gasteiger charge is -2.11. The molecule has 5 nitrogen and oxygen atoms in total. The van der Waals surface area contributed by atoms with Crippen molar-refractivity contribution in [2.45, 2.75) is 13.8 Å². The second-order valence-corrected chi connectivity index (χ2v) is 7.19. The van der Waals surface area contributed by atoms with Gasteiger partial charge in [0, 0.05) is 22.2 Å². The molecule has 0 unspecified atom stereocenters. The van der Waals surface area contributed by atoms with E-state index in [4.69, 9.17) is 39.8 Å². The van der Waals surface area contributed by atoms with Crippen molar-refractivity contribution in [1.82, 2.24) is 10.3 Å². The van der Waals surface area contributed by atoms with Crippen LogP contribution < -0.4 is 10.6 Å². The van der Waals surface area contributed by atoms with Gasteiger partial charge in [-0.3, -0.25) is 4.79 Å². The Hall–Kier alpha value is -2.15. The first-order valence-electron chi connectivity index (χ1n) is 7.81. The molecular formula is C18H15Cl2N3O2S. The van der Waals surface area contributed by atoms with Crippen molar-refractivity contribution in [1.29, 1.82) is 0 Å². The summed E-state index contributed by atoms with van der Waals surface area (Å²) in [5.74, 6) is 0.103. The average Bonchev–Trinajstić information content (AvgIpc) is 2.99. The third-order valence-electron chi connectivity index (χ3n) is 3.54. The SMILES string of the molecule is CC(C)C(=O)NC(=S)Nc1cccc(-c2nc3cc(Cl)cc(Cl)c3o2)c1. The van der Waals surface area contributed by atoms with E-state index in [-0.39, 0.29) is 16.9 Å². The number of halogens is 2. The molecular weight excluding hydrogens is 393 g/mol. The average molecular weight is 408 g/mol. The molecule has 26 heavy (non-hydrogen) atoms. The summed E-state index contributed by atoms with van der Waals surface area (Å²) in [6, 6.07) is 10.6. The van der Waals surface area contributed by atoms with Gasteiger partial charge in [0.1, 0.15) is 5.52 Å². The van der Waals surface area contributed by atoms with E-state index in [9.17, 15) is 4.79 Å². The van der Waals surface area contributed by atoms with Crippen molar-refractivity contribution in [3.8, 4) is 11.5 Å². The molecule has 0 radical (unpaired) electrons. The smallest absolute Gasteiger partial charge is 0.228 e. The van der Waals surface area contributed by atoms with Crippen LogP contribution in [0.25, 0.3) is 22.6 Å². The quantitative estimate of drug-likeness (QED) is 0.578. The number of amides is 1. The predicted molar refractivity (Wildman–Crippen MR) is 109 cm³/mol. The Balaban J connectivity index is 1.84. The lowest BCUT2D eigenvalue weighted by Crippen LogP contribution is -2.36. The maximum atomic E-state index is 11.7. The van der Waals surface area contributed by atoms with E-state index in [1.165, 1.54) is 0 Å². The van der Waals surface area contributed by atoms with Gasteiger partial charge < -0.3 is 15.1 Å². The minimum Gasteiger partial charge on any atom is -0.435 e. The number of fused-ring (bicyclic) bond motifs is 1. The van der Waals surface area contributed by atoms with E-state index >= 15 is 0 Å². The number of benzene rings is 2. The maximum absolute atomic E-state index is 11.7. The Morgan fingerprint density at radius 1 is 1.23 bits per heavy atom. The summed E-state index contributed by atoms with van der Waals surface area (Å²) < 4.78 is 5.76. The minimum atomic E-state index is -0.155. The molecule has 1 heterocycles. The molecule has 1 amide bonds. The maximum Gasteiger partial charge on any atom is 0.228 e. The number of aromatic nitrogens is 1. The Morgan fingerprint density at radius 2 is 2.00 bits per heavy atom. The van der Waals surface area contributed by atoms with Crippen molar-refractivity contribution < 1.29 is 9.21 Å². The molecule has 0 aliphatic carbocycles. The fraction of sp³-hybridized carbons (Fsp3) is 0.167. The Morgan fingerprint density at radius 3 is 2.73 bits per heavy atom. The Bertz CT molecular complexity index is 1000. The number of anilines is 1. The molecule has 0 bridgehead atoms. The highest BCUT2D eigenvalue weighted by molar-refractivity contribution is 7.80. The first-order valence-corrected chi connectivity index (χ1v) is 8.98. The van der Waals surface area contributed by atoms with Crippen LogP contribution in [0.3, 0.4) is 0 Å². The highest BCUT2D eigenvalue weighted by Crippen LogP contribution is 2.32. The molecule has 0 fully saturated rings. The number of hydrogen-bond donors (Lipinski definition) is 2. The predicted octanol–water partition coefficient (Wildman–Crippen LogP) is 5.27. The standard InChI is InChI=1S/C18H15Cl2N3O2S/c1-9(2)16(24)23-18(26)21-12-5-3-4-10(6-12)17-22-14-8-11(19)7-13(20)15(14)25-17/h3-9H,1-2H3,(H2,21,23,24,26). The van der Waals surface area contributed by atoms with Crippen LogP contribution in [0.2, 0.25) is 10.0 Å². The monoisotopic (exact) mass is 407 g/mol. The Kier molecular flexibility index (Phi) is 5.46. The minimum absolute atomic E-state index is 0.149. The molecule has 0 atom stereocenters. The van der Waals surface area contributed by atoms with Crippen molar-refractivity contribution in [2.24, 2.45) is 5.92 Å². The van der Waals surface area contributed by atoms with Crippen LogP contribution in [-0.2, 0) is 4.79 Å². The van der Waals surface area contributed by atoms with E-state index < -0.39 is 0 Å². The summed E-state index contributed by atoms with van der Waals surface area (Å²) >= 11 is 17.3. The molecule has 0 saturated heterocycles. The van der Waals surface area contributed by atoms with Gasteiger partial charge >= 0.3 is 0 Å². The molecule has 8 heteroatoms. The largest absolute Gasteiger partial charge is 0.435 e. The lowest BCUT2D eigenvalue weighted by atomic mass is 10.2. The van der Waals surface area contributed by atoms with Crippen LogP contribution in [0.1, 0.15) is 13.8 Å². The zero-order valence-electron chi connectivity index (χ0n) is 14.0. The van der Waals surface area contributed by atoms with Gasteiger partial charge in [0.2, 0.25) is 11.8 Å². The molecule has 0 aliphatic heterocycles. The zero-order valence-corrected chi connectivity index (χ0v) is 16.3. The summed E-state index contributed by atoms with van der Waals surface area (Å²) in [5, 5.41) is 6.73. The van der Waals surface area contributed by atoms with Crippen LogP contribution in [0.4, 0.5) is 5.69 Å². The summed E-state index contributed by atoms with van der Waals surface area (Å²) in [4.78, 5) is 16.1. The Labute approximate surface area is 165 Å². The second kappa shape index (κ2) is 7.61. The van der Waals surface area contributed by atoms with Crippen LogP contribution >= 0.6 is 35.4 Å². The summed E-state index contributed by atoms with van der Waals surface area (Å²) in [5.41, 5.74) is 2.49. The van der Waals surface area contributed by atoms with E-state index in [0.29, 0.717) is 32.7 Å². The first-order chi connectivity index (χ1) is 12.3. The van der Waals surface area contributed by atoms with Gasteiger partial charge in [0.25, 0.3) is 0 Å². The van der Waals surface area contributed by atoms with Gasteiger partial charge in [-0.25, -0.2) is 4.98 Å². The topological polar surface area (TPSA) is 67.2 Å². The van der Waals surface area contributed by atoms with Crippen molar-refractivity contribution >= 4 is 63.2 Å². The van der Waals surface area contributed by atoms with Gasteiger partial charge in [-0.1, -0.05) is 43.1 Å². The van der Waals surface area contributed by atoms with Gasteiger partial charge in [-0.05, 0) is 42.5 Å². The number of nitrogens with one attached hydrogen (secondary N) is 2. The number of thiocarbonyl (C=S) groups is 1. The highest BCUT2D eigenvalue weighted by Gasteiger charge is 2.13. The number of hydrogen-bond acceptors (Lipinski definition) is 4. The van der Waals surface area contributed by atoms with E-state index in [1.807, 2.05) is 24.3 Å². The molecule has 1 aromatic heterocycles. The first kappa shape index (κ1) is 18.6. The van der Waals surface area contributed by atoms with Crippen molar-refractivity contribution in [3.05, 3.63) is 46.4 Å². The van der Waals surface area contributed by atoms with E-state index in [2.05, 4.69) is 15.6 Å². The molecule has 0 spiro atoms. The van der Waals surface area contributed by atoms with Crippen LogP contribution in [-0.4, -0.2) is 16.0 Å². The molecule has 0 saturated carbocycles. The summed E-state index contributed by atoms with van der Waals surface area (Å²) in [7, 11) is 0. The third kappa shape index (κ3) is 4.15. The van der Waals surface area contributed by atoms with Gasteiger partial charge in [-0.15, -0.1) is 0 Å².